The first-order chi connectivity index (χ1) is 9.58. The summed E-state index contributed by atoms with van der Waals surface area (Å²) in [6.07, 6.45) is 0.769. The molecular formula is C13H18BrClN4O2. The summed E-state index contributed by atoms with van der Waals surface area (Å²) in [6, 6.07) is 2.04. The highest BCUT2D eigenvalue weighted by molar-refractivity contribution is 9.10. The Labute approximate surface area is 138 Å². The van der Waals surface area contributed by atoms with E-state index in [2.05, 4.69) is 37.6 Å². The van der Waals surface area contributed by atoms with E-state index in [9.17, 15) is 4.79 Å². The van der Waals surface area contributed by atoms with Crippen LogP contribution in [0.2, 0.25) is 0 Å². The van der Waals surface area contributed by atoms with Gasteiger partial charge in [0, 0.05) is 19.3 Å². The monoisotopic (exact) mass is 376 g/mol. The number of nitrogens with one attached hydrogen (secondary N) is 3. The van der Waals surface area contributed by atoms with Gasteiger partial charge in [-0.2, -0.15) is 5.26 Å². The van der Waals surface area contributed by atoms with Gasteiger partial charge in [0.05, 0.1) is 22.2 Å². The van der Waals surface area contributed by atoms with Crippen LogP contribution in [0, 0.1) is 18.3 Å². The number of H-pyrrole nitrogens is 1. The molecule has 8 heteroatoms. The van der Waals surface area contributed by atoms with Crippen molar-refractivity contribution in [1.82, 2.24) is 15.6 Å². The molecule has 6 nitrogen and oxygen atoms in total. The van der Waals surface area contributed by atoms with Crippen LogP contribution in [-0.2, 0) is 4.74 Å². The Morgan fingerprint density at radius 1 is 1.57 bits per heavy atom. The third-order valence-corrected chi connectivity index (χ3v) is 4.30. The van der Waals surface area contributed by atoms with Crippen molar-refractivity contribution in [1.29, 1.82) is 5.26 Å². The molecule has 1 fully saturated rings. The largest absolute Gasteiger partial charge is 0.378 e. The van der Waals surface area contributed by atoms with Crippen LogP contribution in [-0.4, -0.2) is 43.2 Å². The lowest BCUT2D eigenvalue weighted by Crippen LogP contribution is -2.53. The van der Waals surface area contributed by atoms with Crippen LogP contribution in [0.25, 0.3) is 0 Å². The van der Waals surface area contributed by atoms with E-state index in [1.54, 1.807) is 14.0 Å². The van der Waals surface area contributed by atoms with Crippen LogP contribution in [0.5, 0.6) is 0 Å². The Balaban J connectivity index is 0.00000220. The summed E-state index contributed by atoms with van der Waals surface area (Å²) in [5.74, 6) is -0.226. The molecule has 0 aliphatic carbocycles. The molecule has 0 saturated carbocycles. The maximum atomic E-state index is 12.3. The van der Waals surface area contributed by atoms with Crippen molar-refractivity contribution in [3.8, 4) is 6.07 Å². The zero-order valence-corrected chi connectivity index (χ0v) is 14.2. The van der Waals surface area contributed by atoms with E-state index in [1.165, 1.54) is 0 Å². The van der Waals surface area contributed by atoms with Crippen molar-refractivity contribution < 1.29 is 9.53 Å². The van der Waals surface area contributed by atoms with Gasteiger partial charge in [0.2, 0.25) is 0 Å². The van der Waals surface area contributed by atoms with E-state index in [0.717, 1.165) is 19.5 Å². The van der Waals surface area contributed by atoms with E-state index in [-0.39, 0.29) is 30.5 Å². The molecule has 0 spiro atoms. The Hall–Kier alpha value is -1.07. The van der Waals surface area contributed by atoms with Gasteiger partial charge in [-0.05, 0) is 35.8 Å². The molecule has 0 aromatic carbocycles. The van der Waals surface area contributed by atoms with E-state index in [0.29, 0.717) is 21.4 Å². The summed E-state index contributed by atoms with van der Waals surface area (Å²) >= 11 is 3.30. The Kier molecular flexibility index (Phi) is 6.68. The Morgan fingerprint density at radius 3 is 2.86 bits per heavy atom. The van der Waals surface area contributed by atoms with Gasteiger partial charge in [0.15, 0.2) is 0 Å². The van der Waals surface area contributed by atoms with Gasteiger partial charge in [0.25, 0.3) is 5.91 Å². The lowest BCUT2D eigenvalue weighted by molar-refractivity contribution is 0.0475. The number of aromatic amines is 1. The normalized spacial score (nSPS) is 21.2. The minimum atomic E-state index is -0.226. The number of amides is 1. The van der Waals surface area contributed by atoms with Gasteiger partial charge in [-0.25, -0.2) is 0 Å². The highest BCUT2D eigenvalue weighted by Gasteiger charge is 2.28. The number of hydrogen-bond donors (Lipinski definition) is 3. The molecule has 0 bridgehead atoms. The van der Waals surface area contributed by atoms with Crippen LogP contribution in [0.4, 0.5) is 0 Å². The molecular weight excluding hydrogens is 360 g/mol. The highest BCUT2D eigenvalue weighted by atomic mass is 79.9. The fourth-order valence-corrected chi connectivity index (χ4v) is 3.03. The second-order valence-electron chi connectivity index (χ2n) is 4.77. The fourth-order valence-electron chi connectivity index (χ4n) is 2.37. The van der Waals surface area contributed by atoms with Gasteiger partial charge in [-0.15, -0.1) is 12.4 Å². The first-order valence-electron chi connectivity index (χ1n) is 6.41. The molecule has 1 aliphatic rings. The molecule has 3 N–H and O–H groups in total. The zero-order chi connectivity index (χ0) is 14.7. The zero-order valence-electron chi connectivity index (χ0n) is 11.8. The second-order valence-corrected chi connectivity index (χ2v) is 5.57. The number of hydrogen-bond acceptors (Lipinski definition) is 4. The van der Waals surface area contributed by atoms with Crippen LogP contribution in [0.15, 0.2) is 4.47 Å². The number of piperidine rings is 1. The summed E-state index contributed by atoms with van der Waals surface area (Å²) in [5, 5.41) is 15.2. The van der Waals surface area contributed by atoms with Crippen molar-refractivity contribution in [2.24, 2.45) is 0 Å². The standard InChI is InChI=1S/C13H17BrN4O2.ClH/c1-7-8(5-15)11(14)12(17-7)13(19)18-9-3-4-16-6-10(9)20-2;/h9-10,16-17H,3-4,6H2,1-2H3,(H,18,19);1H/t9-,10+;/m1./s1. The number of ether oxygens (including phenoxy) is 1. The molecule has 1 aromatic heterocycles. The number of rotatable bonds is 3. The summed E-state index contributed by atoms with van der Waals surface area (Å²) < 4.78 is 5.88. The van der Waals surface area contributed by atoms with E-state index in [4.69, 9.17) is 10.00 Å². The van der Waals surface area contributed by atoms with Crippen molar-refractivity contribution in [2.75, 3.05) is 20.2 Å². The van der Waals surface area contributed by atoms with Gasteiger partial charge in [-0.1, -0.05) is 0 Å². The number of aromatic nitrogens is 1. The molecule has 1 saturated heterocycles. The van der Waals surface area contributed by atoms with Crippen molar-refractivity contribution >= 4 is 34.2 Å². The minimum Gasteiger partial charge on any atom is -0.378 e. The predicted molar refractivity (Wildman–Crippen MR) is 84.7 cm³/mol. The first-order valence-corrected chi connectivity index (χ1v) is 7.20. The summed E-state index contributed by atoms with van der Waals surface area (Å²) in [7, 11) is 1.64. The molecule has 1 amide bonds. The number of halogens is 2. The minimum absolute atomic E-state index is 0. The summed E-state index contributed by atoms with van der Waals surface area (Å²) in [4.78, 5) is 15.3. The number of nitrogens with zero attached hydrogens (tertiary/aromatic N) is 1. The lowest BCUT2D eigenvalue weighted by atomic mass is 10.0. The topological polar surface area (TPSA) is 89.9 Å². The Bertz CT molecular complexity index is 555. The van der Waals surface area contributed by atoms with Gasteiger partial charge < -0.3 is 20.4 Å². The van der Waals surface area contributed by atoms with Crippen LogP contribution in [0.3, 0.4) is 0 Å². The Morgan fingerprint density at radius 2 is 2.29 bits per heavy atom. The van der Waals surface area contributed by atoms with E-state index >= 15 is 0 Å². The van der Waals surface area contributed by atoms with E-state index in [1.807, 2.05) is 0 Å². The van der Waals surface area contributed by atoms with Gasteiger partial charge >= 0.3 is 0 Å². The molecule has 0 unspecified atom stereocenters. The SMILES string of the molecule is CO[C@H]1CNCC[C@H]1NC(=O)c1[nH]c(C)c(C#N)c1Br.Cl. The van der Waals surface area contributed by atoms with Crippen LogP contribution < -0.4 is 10.6 Å². The molecule has 2 rings (SSSR count). The molecule has 116 valence electrons. The third-order valence-electron chi connectivity index (χ3n) is 3.51. The number of carbonyl (C=O) groups is 1. The van der Waals surface area contributed by atoms with Crippen molar-refractivity contribution in [3.63, 3.8) is 0 Å². The second kappa shape index (κ2) is 7.80. The maximum Gasteiger partial charge on any atom is 0.269 e. The van der Waals surface area contributed by atoms with Crippen molar-refractivity contribution in [3.05, 3.63) is 21.4 Å². The molecule has 2 atom stereocenters. The molecule has 21 heavy (non-hydrogen) atoms. The molecule has 1 aliphatic heterocycles. The predicted octanol–water partition coefficient (Wildman–Crippen LogP) is 1.49. The number of carbonyl (C=O) groups excluding carboxylic acids is 1. The third kappa shape index (κ3) is 3.77. The van der Waals surface area contributed by atoms with Crippen molar-refractivity contribution in [2.45, 2.75) is 25.5 Å². The number of aryl methyl sites for hydroxylation is 1. The lowest BCUT2D eigenvalue weighted by Gasteiger charge is -2.31. The molecule has 1 aromatic rings. The van der Waals surface area contributed by atoms with Crippen LogP contribution >= 0.6 is 28.3 Å². The van der Waals surface area contributed by atoms with E-state index < -0.39 is 0 Å². The maximum absolute atomic E-state index is 12.3. The number of methoxy groups -OCH3 is 1. The first kappa shape index (κ1) is 18.0. The average molecular weight is 378 g/mol. The summed E-state index contributed by atoms with van der Waals surface area (Å²) in [5.41, 5.74) is 1.52. The van der Waals surface area contributed by atoms with Gasteiger partial charge in [0.1, 0.15) is 11.8 Å². The quantitative estimate of drug-likeness (QED) is 0.744. The van der Waals surface area contributed by atoms with Crippen LogP contribution in [0.1, 0.15) is 28.2 Å². The highest BCUT2D eigenvalue weighted by Crippen LogP contribution is 2.24. The summed E-state index contributed by atoms with van der Waals surface area (Å²) in [6.45, 7) is 3.33. The molecule has 2 heterocycles. The fraction of sp³-hybridized carbons (Fsp3) is 0.538. The molecule has 0 radical (unpaired) electrons. The smallest absolute Gasteiger partial charge is 0.269 e. The average Bonchev–Trinajstić information content (AvgIpc) is 2.74. The van der Waals surface area contributed by atoms with Gasteiger partial charge in [-0.3, -0.25) is 4.79 Å². The number of nitriles is 1.